The van der Waals surface area contributed by atoms with Gasteiger partial charge in [0, 0.05) is 17.7 Å². The lowest BCUT2D eigenvalue weighted by Gasteiger charge is -2.06. The zero-order valence-corrected chi connectivity index (χ0v) is 10.6. The predicted octanol–water partition coefficient (Wildman–Crippen LogP) is 3.21. The van der Waals surface area contributed by atoms with E-state index in [2.05, 4.69) is 10.5 Å². The number of halogens is 2. The second kappa shape index (κ2) is 5.56. The van der Waals surface area contributed by atoms with Crippen LogP contribution in [0.2, 0.25) is 0 Å². The van der Waals surface area contributed by atoms with Gasteiger partial charge in [-0.3, -0.25) is 5.43 Å². The average molecular weight is 278 g/mol. The number of rotatable bonds is 3. The molecule has 2 aromatic rings. The fourth-order valence-electron chi connectivity index (χ4n) is 1.61. The summed E-state index contributed by atoms with van der Waals surface area (Å²) in [5.74, 6) is -1.66. The molecular weight excluding hydrogens is 266 g/mol. The van der Waals surface area contributed by atoms with Crippen molar-refractivity contribution in [2.24, 2.45) is 5.10 Å². The summed E-state index contributed by atoms with van der Waals surface area (Å²) in [5.41, 5.74) is 3.24. The third-order valence-electron chi connectivity index (χ3n) is 2.65. The lowest BCUT2D eigenvalue weighted by atomic mass is 10.1. The van der Waals surface area contributed by atoms with Crippen molar-refractivity contribution in [3.05, 3.63) is 53.6 Å². The molecule has 0 aliphatic rings. The molecule has 0 saturated carbocycles. The highest BCUT2D eigenvalue weighted by Gasteiger charge is 2.07. The van der Waals surface area contributed by atoms with Gasteiger partial charge in [-0.15, -0.1) is 0 Å². The maximum Gasteiger partial charge on any atom is 0.151 e. The van der Waals surface area contributed by atoms with Crippen LogP contribution in [-0.4, -0.2) is 15.9 Å². The number of benzene rings is 2. The Morgan fingerprint density at radius 2 is 1.85 bits per heavy atom. The van der Waals surface area contributed by atoms with Gasteiger partial charge in [0.15, 0.2) is 5.82 Å². The van der Waals surface area contributed by atoms with Crippen molar-refractivity contribution < 1.29 is 19.0 Å². The summed E-state index contributed by atoms with van der Waals surface area (Å²) in [6.45, 7) is 1.60. The predicted molar refractivity (Wildman–Crippen MR) is 72.0 cm³/mol. The SMILES string of the molecule is C/C(=N\Nc1ccc(F)cc1F)c1ccc(O)cc1O. The molecular formula is C14H12F2N2O2. The second-order valence-electron chi connectivity index (χ2n) is 4.13. The Kier molecular flexibility index (Phi) is 3.84. The number of phenolic OH excluding ortho intramolecular Hbond substituents is 2. The third kappa shape index (κ3) is 3.03. The van der Waals surface area contributed by atoms with Crippen LogP contribution in [0, 0.1) is 11.6 Å². The highest BCUT2D eigenvalue weighted by atomic mass is 19.1. The highest BCUT2D eigenvalue weighted by Crippen LogP contribution is 2.23. The van der Waals surface area contributed by atoms with Crippen LogP contribution in [0.15, 0.2) is 41.5 Å². The van der Waals surface area contributed by atoms with E-state index < -0.39 is 11.6 Å². The summed E-state index contributed by atoms with van der Waals surface area (Å²) < 4.78 is 26.1. The Hall–Kier alpha value is -2.63. The Bertz CT molecular complexity index is 672. The van der Waals surface area contributed by atoms with Crippen LogP contribution in [0.5, 0.6) is 11.5 Å². The fourth-order valence-corrected chi connectivity index (χ4v) is 1.61. The van der Waals surface area contributed by atoms with Crippen molar-refractivity contribution in [2.45, 2.75) is 6.92 Å². The standard InChI is InChI=1S/C14H12F2N2O2/c1-8(11-4-3-10(19)7-14(11)20)17-18-13-5-2-9(15)6-12(13)16/h2-7,18-20H,1H3/b17-8+. The minimum Gasteiger partial charge on any atom is -0.508 e. The topological polar surface area (TPSA) is 64.9 Å². The van der Waals surface area contributed by atoms with Crippen molar-refractivity contribution in [1.82, 2.24) is 0 Å². The van der Waals surface area contributed by atoms with E-state index >= 15 is 0 Å². The van der Waals surface area contributed by atoms with E-state index in [0.717, 1.165) is 12.1 Å². The molecule has 20 heavy (non-hydrogen) atoms. The van der Waals surface area contributed by atoms with Crippen LogP contribution in [0.1, 0.15) is 12.5 Å². The number of nitrogens with one attached hydrogen (secondary N) is 1. The molecule has 0 amide bonds. The molecule has 4 nitrogen and oxygen atoms in total. The Balaban J connectivity index is 2.22. The van der Waals surface area contributed by atoms with E-state index in [1.54, 1.807) is 6.92 Å². The highest BCUT2D eigenvalue weighted by molar-refractivity contribution is 6.01. The largest absolute Gasteiger partial charge is 0.508 e. The summed E-state index contributed by atoms with van der Waals surface area (Å²) >= 11 is 0. The van der Waals surface area contributed by atoms with E-state index in [0.29, 0.717) is 11.3 Å². The summed E-state index contributed by atoms with van der Waals surface area (Å²) in [6.07, 6.45) is 0. The maximum atomic E-state index is 13.4. The number of hydrogen-bond donors (Lipinski definition) is 3. The first-order valence-corrected chi connectivity index (χ1v) is 5.75. The minimum absolute atomic E-state index is 0.0176. The van der Waals surface area contributed by atoms with Gasteiger partial charge in [-0.2, -0.15) is 5.10 Å². The summed E-state index contributed by atoms with van der Waals surface area (Å²) in [4.78, 5) is 0. The summed E-state index contributed by atoms with van der Waals surface area (Å²) in [6, 6.07) is 7.11. The van der Waals surface area contributed by atoms with Crippen LogP contribution >= 0.6 is 0 Å². The van der Waals surface area contributed by atoms with Gasteiger partial charge in [0.05, 0.1) is 11.4 Å². The number of nitrogens with zero attached hydrogens (tertiary/aromatic N) is 1. The Labute approximate surface area is 114 Å². The molecule has 6 heteroatoms. The monoisotopic (exact) mass is 278 g/mol. The number of phenols is 2. The van der Waals surface area contributed by atoms with Crippen LogP contribution < -0.4 is 5.43 Å². The van der Waals surface area contributed by atoms with Crippen LogP contribution in [0.25, 0.3) is 0 Å². The van der Waals surface area contributed by atoms with Crippen LogP contribution in [0.3, 0.4) is 0 Å². The zero-order valence-electron chi connectivity index (χ0n) is 10.6. The molecule has 0 radical (unpaired) electrons. The molecule has 0 spiro atoms. The number of hydrazone groups is 1. The molecule has 0 aliphatic heterocycles. The Morgan fingerprint density at radius 1 is 1.10 bits per heavy atom. The number of aromatic hydroxyl groups is 2. The molecule has 0 bridgehead atoms. The molecule has 3 N–H and O–H groups in total. The van der Waals surface area contributed by atoms with Gasteiger partial charge >= 0.3 is 0 Å². The van der Waals surface area contributed by atoms with E-state index in [1.807, 2.05) is 0 Å². The van der Waals surface area contributed by atoms with E-state index in [-0.39, 0.29) is 17.2 Å². The minimum atomic E-state index is -0.767. The molecule has 0 aromatic heterocycles. The molecule has 0 saturated heterocycles. The summed E-state index contributed by atoms with van der Waals surface area (Å²) in [5, 5.41) is 22.8. The van der Waals surface area contributed by atoms with E-state index in [4.69, 9.17) is 0 Å². The van der Waals surface area contributed by atoms with E-state index in [1.165, 1.54) is 24.3 Å². The van der Waals surface area contributed by atoms with Crippen molar-refractivity contribution in [1.29, 1.82) is 0 Å². The van der Waals surface area contributed by atoms with Crippen LogP contribution in [0.4, 0.5) is 14.5 Å². The second-order valence-corrected chi connectivity index (χ2v) is 4.13. The molecule has 0 unspecified atom stereocenters. The first kappa shape index (κ1) is 13.8. The van der Waals surface area contributed by atoms with Gasteiger partial charge in [-0.1, -0.05) is 0 Å². The fraction of sp³-hybridized carbons (Fsp3) is 0.0714. The lowest BCUT2D eigenvalue weighted by molar-refractivity contribution is 0.450. The quantitative estimate of drug-likeness (QED) is 0.596. The van der Waals surface area contributed by atoms with Gasteiger partial charge in [0.1, 0.15) is 17.3 Å². The molecule has 104 valence electrons. The van der Waals surface area contributed by atoms with Crippen molar-refractivity contribution >= 4 is 11.4 Å². The molecule has 2 rings (SSSR count). The molecule has 0 aliphatic carbocycles. The zero-order chi connectivity index (χ0) is 14.7. The van der Waals surface area contributed by atoms with Gasteiger partial charge < -0.3 is 10.2 Å². The van der Waals surface area contributed by atoms with Crippen molar-refractivity contribution in [3.8, 4) is 11.5 Å². The average Bonchev–Trinajstić information content (AvgIpc) is 2.37. The van der Waals surface area contributed by atoms with Gasteiger partial charge in [-0.25, -0.2) is 8.78 Å². The molecule has 0 heterocycles. The summed E-state index contributed by atoms with van der Waals surface area (Å²) in [7, 11) is 0. The van der Waals surface area contributed by atoms with E-state index in [9.17, 15) is 19.0 Å². The van der Waals surface area contributed by atoms with Crippen LogP contribution in [-0.2, 0) is 0 Å². The maximum absolute atomic E-state index is 13.4. The molecule has 2 aromatic carbocycles. The molecule has 0 atom stereocenters. The first-order chi connectivity index (χ1) is 9.47. The van der Waals surface area contributed by atoms with Crippen molar-refractivity contribution in [3.63, 3.8) is 0 Å². The van der Waals surface area contributed by atoms with Gasteiger partial charge in [-0.05, 0) is 31.2 Å². The third-order valence-corrected chi connectivity index (χ3v) is 2.65. The normalized spacial score (nSPS) is 11.4. The van der Waals surface area contributed by atoms with Crippen molar-refractivity contribution in [2.75, 3.05) is 5.43 Å². The lowest BCUT2D eigenvalue weighted by Crippen LogP contribution is -2.01. The smallest absolute Gasteiger partial charge is 0.151 e. The molecule has 0 fully saturated rings. The Morgan fingerprint density at radius 3 is 2.50 bits per heavy atom. The number of anilines is 1. The first-order valence-electron chi connectivity index (χ1n) is 5.75. The number of hydrogen-bond acceptors (Lipinski definition) is 4. The van der Waals surface area contributed by atoms with Gasteiger partial charge in [0.2, 0.25) is 0 Å². The van der Waals surface area contributed by atoms with Gasteiger partial charge in [0.25, 0.3) is 0 Å².